The van der Waals surface area contributed by atoms with Crippen molar-refractivity contribution in [3.05, 3.63) is 249 Å². The number of fused-ring (bicyclic) bond motifs is 7. The summed E-state index contributed by atoms with van der Waals surface area (Å²) in [4.78, 5) is 2.37. The fourth-order valence-corrected chi connectivity index (χ4v) is 9.76. The van der Waals surface area contributed by atoms with E-state index in [0.29, 0.717) is 0 Å². The third-order valence-electron chi connectivity index (χ3n) is 12.8. The highest BCUT2D eigenvalue weighted by molar-refractivity contribution is 6.15. The molecule has 12 rings (SSSR count). The van der Waals surface area contributed by atoms with Gasteiger partial charge in [-0.2, -0.15) is 0 Å². The third kappa shape index (κ3) is 6.50. The monoisotopic (exact) mass is 799 g/mol. The first-order valence-corrected chi connectivity index (χ1v) is 21.7. The molecule has 0 N–H and O–H groups in total. The van der Waals surface area contributed by atoms with Crippen LogP contribution >= 0.6 is 0 Å². The van der Waals surface area contributed by atoms with E-state index in [1.807, 2.05) is 0 Å². The van der Waals surface area contributed by atoms with Gasteiger partial charge in [-0.25, -0.2) is 0 Å². The quantitative estimate of drug-likeness (QED) is 0.145. The molecule has 0 bridgehead atoms. The SMILES string of the molecule is c1cc(-c2ccc(N(c3ccc(-c4cccc5ccccc45)cc3)c3ccc(-c4cc5ccccc5c5ccccc45)cc3)cc2)cc(-c2cc3ccccc3c3ccccc23)c1. The van der Waals surface area contributed by atoms with Crippen LogP contribution in [0.15, 0.2) is 249 Å². The van der Waals surface area contributed by atoms with Crippen LogP contribution in [0.1, 0.15) is 0 Å². The number of hydrogen-bond donors (Lipinski definition) is 0. The Bertz CT molecular complexity index is 3650. The summed E-state index contributed by atoms with van der Waals surface area (Å²) in [6.45, 7) is 0. The van der Waals surface area contributed by atoms with E-state index in [4.69, 9.17) is 0 Å². The van der Waals surface area contributed by atoms with Gasteiger partial charge < -0.3 is 4.90 Å². The molecule has 0 aliphatic heterocycles. The maximum absolute atomic E-state index is 2.37. The first kappa shape index (κ1) is 36.6. The Morgan fingerprint density at radius 1 is 0.190 bits per heavy atom. The molecule has 0 amide bonds. The zero-order valence-electron chi connectivity index (χ0n) is 34.6. The van der Waals surface area contributed by atoms with Crippen molar-refractivity contribution in [2.45, 2.75) is 0 Å². The minimum Gasteiger partial charge on any atom is -0.311 e. The van der Waals surface area contributed by atoms with Crippen molar-refractivity contribution in [2.75, 3.05) is 4.90 Å². The van der Waals surface area contributed by atoms with Crippen molar-refractivity contribution in [2.24, 2.45) is 0 Å². The first-order chi connectivity index (χ1) is 31.2. The number of hydrogen-bond acceptors (Lipinski definition) is 1. The van der Waals surface area contributed by atoms with Crippen LogP contribution < -0.4 is 4.90 Å². The van der Waals surface area contributed by atoms with E-state index >= 15 is 0 Å². The Morgan fingerprint density at radius 2 is 0.571 bits per heavy atom. The van der Waals surface area contributed by atoms with E-state index in [1.165, 1.54) is 98.4 Å². The lowest BCUT2D eigenvalue weighted by atomic mass is 9.92. The van der Waals surface area contributed by atoms with Gasteiger partial charge in [-0.1, -0.05) is 194 Å². The highest BCUT2D eigenvalue weighted by atomic mass is 15.1. The minimum atomic E-state index is 1.09. The lowest BCUT2D eigenvalue weighted by Gasteiger charge is -2.26. The summed E-state index contributed by atoms with van der Waals surface area (Å²) in [5, 5.41) is 12.7. The van der Waals surface area contributed by atoms with Gasteiger partial charge >= 0.3 is 0 Å². The van der Waals surface area contributed by atoms with Crippen molar-refractivity contribution in [1.82, 2.24) is 0 Å². The summed E-state index contributed by atoms with van der Waals surface area (Å²) >= 11 is 0. The number of nitrogens with zero attached hydrogens (tertiary/aromatic N) is 1. The lowest BCUT2D eigenvalue weighted by Crippen LogP contribution is -2.09. The van der Waals surface area contributed by atoms with E-state index in [-0.39, 0.29) is 0 Å². The Hall–Kier alpha value is -8.26. The highest BCUT2D eigenvalue weighted by Gasteiger charge is 2.16. The Labute approximate surface area is 367 Å². The maximum atomic E-state index is 2.37. The Balaban J connectivity index is 0.938. The summed E-state index contributed by atoms with van der Waals surface area (Å²) in [6, 6.07) is 91.0. The van der Waals surface area contributed by atoms with Crippen molar-refractivity contribution in [3.63, 3.8) is 0 Å². The second-order valence-electron chi connectivity index (χ2n) is 16.5. The fraction of sp³-hybridized carbons (Fsp3) is 0. The molecule has 0 atom stereocenters. The van der Waals surface area contributed by atoms with Gasteiger partial charge in [0, 0.05) is 17.1 Å². The van der Waals surface area contributed by atoms with Gasteiger partial charge in [0.25, 0.3) is 0 Å². The molecule has 0 radical (unpaired) electrons. The number of rotatable bonds is 7. The molecular formula is C62H41N. The molecule has 0 aliphatic rings. The molecule has 12 aromatic rings. The summed E-state index contributed by atoms with van der Waals surface area (Å²) < 4.78 is 0. The first-order valence-electron chi connectivity index (χ1n) is 21.7. The molecule has 0 spiro atoms. The second kappa shape index (κ2) is 15.3. The van der Waals surface area contributed by atoms with Gasteiger partial charge in [-0.3, -0.25) is 0 Å². The van der Waals surface area contributed by atoms with Crippen LogP contribution in [0.2, 0.25) is 0 Å². The molecule has 0 aromatic heterocycles. The summed E-state index contributed by atoms with van der Waals surface area (Å²) in [5.74, 6) is 0. The van der Waals surface area contributed by atoms with Gasteiger partial charge in [0.15, 0.2) is 0 Å². The number of benzene rings is 12. The second-order valence-corrected chi connectivity index (χ2v) is 16.5. The van der Waals surface area contributed by atoms with Crippen molar-refractivity contribution in [1.29, 1.82) is 0 Å². The van der Waals surface area contributed by atoms with Crippen molar-refractivity contribution < 1.29 is 0 Å². The predicted octanol–water partition coefficient (Wildman–Crippen LogP) is 17.6. The molecule has 1 nitrogen and oxygen atoms in total. The topological polar surface area (TPSA) is 3.24 Å². The summed E-state index contributed by atoms with van der Waals surface area (Å²) in [6.07, 6.45) is 0. The summed E-state index contributed by atoms with van der Waals surface area (Å²) in [7, 11) is 0. The van der Waals surface area contributed by atoms with Crippen LogP contribution in [0.3, 0.4) is 0 Å². The molecule has 294 valence electrons. The Morgan fingerprint density at radius 3 is 1.13 bits per heavy atom. The van der Waals surface area contributed by atoms with Crippen LogP contribution in [0.5, 0.6) is 0 Å². The van der Waals surface area contributed by atoms with Crippen LogP contribution in [0.4, 0.5) is 17.1 Å². The standard InChI is InChI=1S/C62H41N/c1-4-19-53-43(13-1)16-12-26-54(53)44-29-35-51(36-30-44)63(52-37-31-45(32-38-52)61-40-48-14-2-5-20-55(48)57-22-7-9-24-59(57)61)50-33-27-42(28-34-50)46-17-11-18-47(39-46)62-41-49-15-3-6-21-56(49)58-23-8-10-25-60(58)62/h1-41H. The largest absolute Gasteiger partial charge is 0.311 e. The van der Waals surface area contributed by atoms with Gasteiger partial charge in [0.05, 0.1) is 0 Å². The maximum Gasteiger partial charge on any atom is 0.0462 e. The average molecular weight is 800 g/mol. The smallest absolute Gasteiger partial charge is 0.0462 e. The van der Waals surface area contributed by atoms with E-state index in [9.17, 15) is 0 Å². The van der Waals surface area contributed by atoms with Crippen molar-refractivity contribution in [3.8, 4) is 44.5 Å². The highest BCUT2D eigenvalue weighted by Crippen LogP contribution is 2.41. The lowest BCUT2D eigenvalue weighted by molar-refractivity contribution is 1.28. The van der Waals surface area contributed by atoms with Gasteiger partial charge in [0.2, 0.25) is 0 Å². The molecule has 1 heteroatoms. The molecule has 12 aromatic carbocycles. The van der Waals surface area contributed by atoms with Gasteiger partial charge in [-0.15, -0.1) is 0 Å². The van der Waals surface area contributed by atoms with Crippen LogP contribution in [0, 0.1) is 0 Å². The molecule has 0 heterocycles. The molecule has 63 heavy (non-hydrogen) atoms. The molecule has 0 fully saturated rings. The van der Waals surface area contributed by atoms with E-state index in [1.54, 1.807) is 0 Å². The van der Waals surface area contributed by atoms with Crippen LogP contribution in [-0.2, 0) is 0 Å². The molecular weight excluding hydrogens is 759 g/mol. The zero-order valence-corrected chi connectivity index (χ0v) is 34.6. The molecule has 0 unspecified atom stereocenters. The molecule has 0 saturated carbocycles. The number of anilines is 3. The zero-order chi connectivity index (χ0) is 41.7. The van der Waals surface area contributed by atoms with E-state index < -0.39 is 0 Å². The van der Waals surface area contributed by atoms with Crippen LogP contribution in [0.25, 0.3) is 98.4 Å². The average Bonchev–Trinajstić information content (AvgIpc) is 3.36. The van der Waals surface area contributed by atoms with Crippen LogP contribution in [-0.4, -0.2) is 0 Å². The fourth-order valence-electron chi connectivity index (χ4n) is 9.76. The van der Waals surface area contributed by atoms with Gasteiger partial charge in [-0.05, 0) is 153 Å². The van der Waals surface area contributed by atoms with Crippen molar-refractivity contribution >= 4 is 70.9 Å². The van der Waals surface area contributed by atoms with Gasteiger partial charge in [0.1, 0.15) is 0 Å². The van der Waals surface area contributed by atoms with E-state index in [2.05, 4.69) is 254 Å². The molecule has 0 saturated heterocycles. The molecule has 0 aliphatic carbocycles. The summed E-state index contributed by atoms with van der Waals surface area (Å²) in [5.41, 5.74) is 13.0. The predicted molar refractivity (Wildman–Crippen MR) is 270 cm³/mol. The normalized spacial score (nSPS) is 11.5. The minimum absolute atomic E-state index is 1.09. The Kier molecular flexibility index (Phi) is 8.90. The van der Waals surface area contributed by atoms with E-state index in [0.717, 1.165) is 17.1 Å². The third-order valence-corrected chi connectivity index (χ3v) is 12.8.